The van der Waals surface area contributed by atoms with Crippen molar-refractivity contribution in [1.82, 2.24) is 0 Å². The fourth-order valence-electron chi connectivity index (χ4n) is 2.84. The molecule has 0 unspecified atom stereocenters. The Labute approximate surface area is 148 Å². The van der Waals surface area contributed by atoms with Crippen LogP contribution in [0.4, 0.5) is 5.69 Å². The lowest BCUT2D eigenvalue weighted by Gasteiger charge is -2.13. The largest absolute Gasteiger partial charge is 0.438 e. The molecule has 4 nitrogen and oxygen atoms in total. The highest BCUT2D eigenvalue weighted by molar-refractivity contribution is 9.10. The van der Waals surface area contributed by atoms with E-state index in [9.17, 15) is 4.79 Å². The van der Waals surface area contributed by atoms with Crippen LogP contribution in [0.25, 0.3) is 11.0 Å². The van der Waals surface area contributed by atoms with Crippen LogP contribution in [0.2, 0.25) is 0 Å². The summed E-state index contributed by atoms with van der Waals surface area (Å²) in [5, 5.41) is 11.7. The smallest absolute Gasteiger partial charge is 0.261 e. The molecule has 0 aliphatic rings. The van der Waals surface area contributed by atoms with E-state index in [0.717, 1.165) is 32.2 Å². The van der Waals surface area contributed by atoms with E-state index in [2.05, 4.69) is 21.2 Å². The molecule has 3 rings (SSSR count). The quantitative estimate of drug-likeness (QED) is 0.662. The van der Waals surface area contributed by atoms with E-state index in [-0.39, 0.29) is 17.0 Å². The van der Waals surface area contributed by atoms with Crippen molar-refractivity contribution >= 4 is 38.5 Å². The van der Waals surface area contributed by atoms with Gasteiger partial charge in [0, 0.05) is 15.5 Å². The molecule has 5 heteroatoms. The molecule has 0 aliphatic heterocycles. The zero-order valence-electron chi connectivity index (χ0n) is 13.7. The predicted molar refractivity (Wildman–Crippen MR) is 98.4 cm³/mol. The minimum atomic E-state index is -0.347. The number of hydrogen-bond acceptors (Lipinski definition) is 3. The molecule has 0 atom stereocenters. The van der Waals surface area contributed by atoms with Gasteiger partial charge in [-0.15, -0.1) is 0 Å². The highest BCUT2D eigenvalue weighted by Gasteiger charge is 2.14. The van der Waals surface area contributed by atoms with E-state index < -0.39 is 0 Å². The third-order valence-electron chi connectivity index (χ3n) is 3.89. The number of nitrogens with one attached hydrogen (secondary N) is 2. The number of aryl methyl sites for hydroxylation is 3. The van der Waals surface area contributed by atoms with Crippen LogP contribution < -0.4 is 10.9 Å². The molecule has 1 heterocycles. The number of benzene rings is 2. The van der Waals surface area contributed by atoms with Gasteiger partial charge in [-0.2, -0.15) is 0 Å². The molecule has 0 saturated heterocycles. The molecule has 0 spiro atoms. The van der Waals surface area contributed by atoms with Gasteiger partial charge in [-0.1, -0.05) is 33.6 Å². The van der Waals surface area contributed by atoms with Crippen molar-refractivity contribution in [3.05, 3.63) is 68.7 Å². The molecule has 0 radical (unpaired) electrons. The number of fused-ring (bicyclic) bond motifs is 1. The maximum Gasteiger partial charge on any atom is 0.261 e. The normalized spacial score (nSPS) is 10.8. The van der Waals surface area contributed by atoms with Crippen LogP contribution in [-0.2, 0) is 0 Å². The summed E-state index contributed by atoms with van der Waals surface area (Å²) < 4.78 is 6.36. The molecule has 0 saturated carbocycles. The zero-order chi connectivity index (χ0) is 17.4. The monoisotopic (exact) mass is 384 g/mol. The molecule has 2 aromatic carbocycles. The molecule has 0 aliphatic carbocycles. The lowest BCUT2D eigenvalue weighted by Crippen LogP contribution is -2.21. The number of carbonyl (C=O) groups excluding carboxylic acids is 1. The van der Waals surface area contributed by atoms with E-state index in [4.69, 9.17) is 9.83 Å². The van der Waals surface area contributed by atoms with E-state index in [0.29, 0.717) is 5.58 Å². The van der Waals surface area contributed by atoms with Crippen LogP contribution in [0.1, 0.15) is 27.0 Å². The van der Waals surface area contributed by atoms with Gasteiger partial charge >= 0.3 is 0 Å². The van der Waals surface area contributed by atoms with Crippen molar-refractivity contribution in [2.45, 2.75) is 20.8 Å². The molecule has 1 aromatic heterocycles. The maximum atomic E-state index is 12.7. The third-order valence-corrected chi connectivity index (χ3v) is 4.38. The van der Waals surface area contributed by atoms with E-state index >= 15 is 0 Å². The summed E-state index contributed by atoms with van der Waals surface area (Å²) in [5.41, 5.74) is 4.54. The van der Waals surface area contributed by atoms with Crippen molar-refractivity contribution in [1.29, 1.82) is 5.41 Å². The highest BCUT2D eigenvalue weighted by atomic mass is 79.9. The average molecular weight is 385 g/mol. The van der Waals surface area contributed by atoms with Gasteiger partial charge in [-0.05, 0) is 56.2 Å². The average Bonchev–Trinajstić information content (AvgIpc) is 2.50. The Hall–Kier alpha value is -2.40. The van der Waals surface area contributed by atoms with Gasteiger partial charge < -0.3 is 9.73 Å². The molecule has 3 aromatic rings. The van der Waals surface area contributed by atoms with Gasteiger partial charge in [-0.25, -0.2) is 0 Å². The Morgan fingerprint density at radius 2 is 1.75 bits per heavy atom. The lowest BCUT2D eigenvalue weighted by atomic mass is 10.0. The van der Waals surface area contributed by atoms with Crippen molar-refractivity contribution in [3.63, 3.8) is 0 Å². The minimum Gasteiger partial charge on any atom is -0.438 e. The van der Waals surface area contributed by atoms with Crippen LogP contribution in [0, 0.1) is 26.2 Å². The summed E-state index contributed by atoms with van der Waals surface area (Å²) in [6, 6.07) is 11.2. The minimum absolute atomic E-state index is 0.148. The Morgan fingerprint density at radius 3 is 2.42 bits per heavy atom. The van der Waals surface area contributed by atoms with Crippen molar-refractivity contribution < 1.29 is 9.21 Å². The van der Waals surface area contributed by atoms with Gasteiger partial charge in [0.2, 0.25) is 5.55 Å². The predicted octanol–water partition coefficient (Wildman–Crippen LogP) is 4.85. The molecule has 0 fully saturated rings. The number of halogens is 1. The number of rotatable bonds is 2. The molecule has 2 N–H and O–H groups in total. The Balaban J connectivity index is 2.03. The second-order valence-corrected chi connectivity index (χ2v) is 6.81. The van der Waals surface area contributed by atoms with Crippen molar-refractivity contribution in [2.75, 3.05) is 5.32 Å². The van der Waals surface area contributed by atoms with Crippen LogP contribution in [0.3, 0.4) is 0 Å². The second kappa shape index (κ2) is 6.24. The van der Waals surface area contributed by atoms with Crippen LogP contribution in [-0.4, -0.2) is 5.91 Å². The molecular formula is C19H17BrN2O2. The van der Waals surface area contributed by atoms with Crippen LogP contribution in [0.5, 0.6) is 0 Å². The van der Waals surface area contributed by atoms with Gasteiger partial charge in [0.15, 0.2) is 0 Å². The fourth-order valence-corrected chi connectivity index (χ4v) is 3.22. The number of hydrogen-bond donors (Lipinski definition) is 2. The molecular weight excluding hydrogens is 368 g/mol. The first-order valence-electron chi connectivity index (χ1n) is 7.52. The van der Waals surface area contributed by atoms with Crippen molar-refractivity contribution in [2.24, 2.45) is 0 Å². The van der Waals surface area contributed by atoms with E-state index in [1.54, 1.807) is 12.1 Å². The summed E-state index contributed by atoms with van der Waals surface area (Å²) in [4.78, 5) is 12.7. The topological polar surface area (TPSA) is 66.1 Å². The second-order valence-electron chi connectivity index (χ2n) is 5.90. The molecule has 122 valence electrons. The number of carbonyl (C=O) groups is 1. The van der Waals surface area contributed by atoms with E-state index in [1.807, 2.05) is 45.0 Å². The molecule has 0 bridgehead atoms. The number of anilines is 1. The SMILES string of the molecule is Cc1cc(C)c(NC(=O)c2cc3cc(Br)ccc3oc2=N)c(C)c1. The number of amides is 1. The summed E-state index contributed by atoms with van der Waals surface area (Å²) in [6.45, 7) is 5.94. The summed E-state index contributed by atoms with van der Waals surface area (Å²) in [6.07, 6.45) is 0. The standard InChI is InChI=1S/C19H17BrN2O2/c1-10-6-11(2)17(12(3)7-10)22-19(23)15-9-13-8-14(20)4-5-16(13)24-18(15)21/h4-9,21H,1-3H3,(H,22,23). The van der Waals surface area contributed by atoms with Gasteiger partial charge in [0.1, 0.15) is 11.1 Å². The van der Waals surface area contributed by atoms with E-state index in [1.165, 1.54) is 0 Å². The fraction of sp³-hybridized carbons (Fsp3) is 0.158. The maximum absolute atomic E-state index is 12.7. The summed E-state index contributed by atoms with van der Waals surface area (Å²) in [5.74, 6) is -0.347. The lowest BCUT2D eigenvalue weighted by molar-refractivity contribution is 0.102. The van der Waals surface area contributed by atoms with Gasteiger partial charge in [0.05, 0.1) is 0 Å². The van der Waals surface area contributed by atoms with Gasteiger partial charge in [0.25, 0.3) is 5.91 Å². The summed E-state index contributed by atoms with van der Waals surface area (Å²) >= 11 is 3.40. The Kier molecular flexibility index (Phi) is 4.28. The van der Waals surface area contributed by atoms with Gasteiger partial charge in [-0.3, -0.25) is 10.2 Å². The highest BCUT2D eigenvalue weighted by Crippen LogP contribution is 2.23. The first-order chi connectivity index (χ1) is 11.3. The molecule has 24 heavy (non-hydrogen) atoms. The van der Waals surface area contributed by atoms with Crippen LogP contribution >= 0.6 is 15.9 Å². The Morgan fingerprint density at radius 1 is 1.08 bits per heavy atom. The first-order valence-corrected chi connectivity index (χ1v) is 8.31. The van der Waals surface area contributed by atoms with Crippen molar-refractivity contribution in [3.8, 4) is 0 Å². The third kappa shape index (κ3) is 3.12. The summed E-state index contributed by atoms with van der Waals surface area (Å²) in [7, 11) is 0. The Bertz CT molecular complexity index is 999. The van der Waals surface area contributed by atoms with Crippen LogP contribution in [0.15, 0.2) is 45.3 Å². The molecule has 1 amide bonds. The zero-order valence-corrected chi connectivity index (χ0v) is 15.2. The first kappa shape index (κ1) is 16.5.